The largest absolute Gasteiger partial charge is 0.474 e. The average molecular weight is 495 g/mol. The SMILES string of the molecule is CCC(CC)Oc1ccc(C(c2ccc(C#N)cc2)N2CC[C@@H](NC(=O)c3ccc(C#N)nc3)C2)cn1. The van der Waals surface area contributed by atoms with Crippen LogP contribution < -0.4 is 10.1 Å². The second kappa shape index (κ2) is 12.1. The summed E-state index contributed by atoms with van der Waals surface area (Å²) in [5.74, 6) is 0.405. The molecule has 2 atom stereocenters. The third kappa shape index (κ3) is 6.30. The van der Waals surface area contributed by atoms with E-state index in [1.807, 2.05) is 48.7 Å². The van der Waals surface area contributed by atoms with Crippen LogP contribution in [-0.2, 0) is 0 Å². The van der Waals surface area contributed by atoms with Crippen molar-refractivity contribution >= 4 is 5.91 Å². The summed E-state index contributed by atoms with van der Waals surface area (Å²) in [5.41, 5.74) is 3.39. The van der Waals surface area contributed by atoms with Crippen LogP contribution in [-0.4, -0.2) is 46.0 Å². The van der Waals surface area contributed by atoms with Crippen molar-refractivity contribution in [1.29, 1.82) is 10.5 Å². The van der Waals surface area contributed by atoms with E-state index in [0.29, 0.717) is 23.6 Å². The van der Waals surface area contributed by atoms with Crippen LogP contribution >= 0.6 is 0 Å². The fourth-order valence-corrected chi connectivity index (χ4v) is 4.61. The molecule has 0 saturated carbocycles. The van der Waals surface area contributed by atoms with E-state index in [9.17, 15) is 10.1 Å². The van der Waals surface area contributed by atoms with Crippen LogP contribution in [0.3, 0.4) is 0 Å². The van der Waals surface area contributed by atoms with Crippen molar-refractivity contribution in [3.05, 3.63) is 88.9 Å². The number of pyridine rings is 2. The molecule has 1 N–H and O–H groups in total. The highest BCUT2D eigenvalue weighted by atomic mass is 16.5. The maximum atomic E-state index is 12.8. The molecule has 1 aromatic carbocycles. The van der Waals surface area contributed by atoms with Gasteiger partial charge in [0, 0.05) is 37.6 Å². The van der Waals surface area contributed by atoms with Crippen molar-refractivity contribution in [2.45, 2.75) is 51.3 Å². The summed E-state index contributed by atoms with van der Waals surface area (Å²) in [6, 6.07) is 18.7. The zero-order chi connectivity index (χ0) is 26.2. The van der Waals surface area contributed by atoms with Gasteiger partial charge < -0.3 is 10.1 Å². The molecule has 0 radical (unpaired) electrons. The first-order chi connectivity index (χ1) is 18.0. The Labute approximate surface area is 217 Å². The lowest BCUT2D eigenvalue weighted by molar-refractivity contribution is 0.0936. The number of hydrogen-bond acceptors (Lipinski definition) is 7. The van der Waals surface area contributed by atoms with Crippen LogP contribution in [0.5, 0.6) is 5.88 Å². The van der Waals surface area contributed by atoms with Crippen molar-refractivity contribution in [1.82, 2.24) is 20.2 Å². The fourth-order valence-electron chi connectivity index (χ4n) is 4.61. The molecule has 1 saturated heterocycles. The summed E-state index contributed by atoms with van der Waals surface area (Å²) in [4.78, 5) is 23.7. The summed E-state index contributed by atoms with van der Waals surface area (Å²) < 4.78 is 6.00. The van der Waals surface area contributed by atoms with Gasteiger partial charge in [0.05, 0.1) is 29.3 Å². The maximum absolute atomic E-state index is 12.8. The Hall–Kier alpha value is -4.27. The van der Waals surface area contributed by atoms with Gasteiger partial charge in [-0.05, 0) is 54.7 Å². The van der Waals surface area contributed by atoms with E-state index in [0.717, 1.165) is 36.9 Å². The van der Waals surface area contributed by atoms with E-state index in [1.165, 1.54) is 6.20 Å². The predicted molar refractivity (Wildman–Crippen MR) is 139 cm³/mol. The first-order valence-electron chi connectivity index (χ1n) is 12.6. The fraction of sp³-hybridized carbons (Fsp3) is 0.345. The lowest BCUT2D eigenvalue weighted by Crippen LogP contribution is -2.38. The summed E-state index contributed by atoms with van der Waals surface area (Å²) in [6.07, 6.45) is 6.07. The molecule has 1 aliphatic heterocycles. The second-order valence-electron chi connectivity index (χ2n) is 9.12. The number of amides is 1. The third-order valence-corrected chi connectivity index (χ3v) is 6.69. The Morgan fingerprint density at radius 2 is 1.78 bits per heavy atom. The number of ether oxygens (including phenoxy) is 1. The highest BCUT2D eigenvalue weighted by Gasteiger charge is 2.31. The van der Waals surface area contributed by atoms with Crippen LogP contribution in [0, 0.1) is 22.7 Å². The van der Waals surface area contributed by atoms with Gasteiger partial charge in [-0.3, -0.25) is 9.69 Å². The van der Waals surface area contributed by atoms with Crippen LogP contribution in [0.25, 0.3) is 0 Å². The molecule has 0 bridgehead atoms. The predicted octanol–water partition coefficient (Wildman–Crippen LogP) is 4.38. The third-order valence-electron chi connectivity index (χ3n) is 6.69. The van der Waals surface area contributed by atoms with E-state index in [1.54, 1.807) is 12.1 Å². The topological polar surface area (TPSA) is 115 Å². The minimum Gasteiger partial charge on any atom is -0.474 e. The number of rotatable bonds is 9. The molecule has 188 valence electrons. The Morgan fingerprint density at radius 1 is 1.03 bits per heavy atom. The highest BCUT2D eigenvalue weighted by molar-refractivity contribution is 5.94. The van der Waals surface area contributed by atoms with E-state index in [4.69, 9.17) is 10.00 Å². The number of carbonyl (C=O) groups is 1. The van der Waals surface area contributed by atoms with E-state index < -0.39 is 0 Å². The molecule has 4 rings (SSSR count). The monoisotopic (exact) mass is 494 g/mol. The standard InChI is InChI=1S/C29H30N6O2/c1-3-26(4-2)37-27-12-10-22(17-33-27)28(21-7-5-20(15-30)6-8-21)35-14-13-25(19-35)34-29(36)23-9-11-24(16-31)32-18-23/h5-12,17-18,25-26,28H,3-4,13-14,19H2,1-2H3,(H,34,36)/t25-,28?/m1/s1. The van der Waals surface area contributed by atoms with Crippen LogP contribution in [0.1, 0.15) is 71.9 Å². The van der Waals surface area contributed by atoms with Crippen molar-refractivity contribution < 1.29 is 9.53 Å². The van der Waals surface area contributed by atoms with Crippen molar-refractivity contribution in [2.75, 3.05) is 13.1 Å². The molecule has 1 amide bonds. The number of nitrogens with one attached hydrogen (secondary N) is 1. The number of nitriles is 2. The van der Waals surface area contributed by atoms with Crippen LogP contribution in [0.4, 0.5) is 0 Å². The number of likely N-dealkylation sites (tertiary alicyclic amines) is 1. The van der Waals surface area contributed by atoms with Gasteiger partial charge in [-0.15, -0.1) is 0 Å². The minimum absolute atomic E-state index is 0.0329. The first-order valence-corrected chi connectivity index (χ1v) is 12.6. The quantitative estimate of drug-likeness (QED) is 0.469. The van der Waals surface area contributed by atoms with Crippen molar-refractivity contribution in [3.63, 3.8) is 0 Å². The van der Waals surface area contributed by atoms with Gasteiger partial charge in [0.15, 0.2) is 0 Å². The van der Waals surface area contributed by atoms with Gasteiger partial charge in [-0.2, -0.15) is 10.5 Å². The van der Waals surface area contributed by atoms with Gasteiger partial charge in [-0.1, -0.05) is 32.0 Å². The number of carbonyl (C=O) groups excluding carboxylic acids is 1. The molecule has 2 aromatic heterocycles. The van der Waals surface area contributed by atoms with Gasteiger partial charge in [0.1, 0.15) is 11.8 Å². The molecule has 0 aliphatic carbocycles. The first kappa shape index (κ1) is 25.8. The molecule has 3 aromatic rings. The summed E-state index contributed by atoms with van der Waals surface area (Å²) in [7, 11) is 0. The number of nitrogens with zero attached hydrogens (tertiary/aromatic N) is 5. The van der Waals surface area contributed by atoms with Crippen molar-refractivity contribution in [3.8, 4) is 18.0 Å². The highest BCUT2D eigenvalue weighted by Crippen LogP contribution is 2.32. The number of hydrogen-bond donors (Lipinski definition) is 1. The Balaban J connectivity index is 1.52. The van der Waals surface area contributed by atoms with Crippen LogP contribution in [0.15, 0.2) is 60.9 Å². The van der Waals surface area contributed by atoms with E-state index in [2.05, 4.69) is 40.1 Å². The maximum Gasteiger partial charge on any atom is 0.253 e. The normalized spacial score (nSPS) is 16.1. The molecular weight excluding hydrogens is 464 g/mol. The van der Waals surface area contributed by atoms with Gasteiger partial charge in [0.2, 0.25) is 5.88 Å². The number of benzene rings is 1. The Bertz CT molecular complexity index is 1270. The second-order valence-corrected chi connectivity index (χ2v) is 9.12. The molecule has 1 fully saturated rings. The van der Waals surface area contributed by atoms with Gasteiger partial charge in [0.25, 0.3) is 5.91 Å². The summed E-state index contributed by atoms with van der Waals surface area (Å²) in [5, 5.41) is 21.3. The molecule has 37 heavy (non-hydrogen) atoms. The summed E-state index contributed by atoms with van der Waals surface area (Å²) >= 11 is 0. The molecule has 8 heteroatoms. The van der Waals surface area contributed by atoms with Gasteiger partial charge >= 0.3 is 0 Å². The van der Waals surface area contributed by atoms with E-state index >= 15 is 0 Å². The van der Waals surface area contributed by atoms with Crippen LogP contribution in [0.2, 0.25) is 0 Å². The molecule has 8 nitrogen and oxygen atoms in total. The zero-order valence-corrected chi connectivity index (χ0v) is 21.1. The minimum atomic E-state index is -0.205. The Kier molecular flexibility index (Phi) is 8.45. The molecular formula is C29H30N6O2. The molecule has 1 aliphatic rings. The summed E-state index contributed by atoms with van der Waals surface area (Å²) in [6.45, 7) is 5.65. The molecule has 1 unspecified atom stereocenters. The number of aromatic nitrogens is 2. The smallest absolute Gasteiger partial charge is 0.253 e. The average Bonchev–Trinajstić information content (AvgIpc) is 3.40. The Morgan fingerprint density at radius 3 is 2.38 bits per heavy atom. The zero-order valence-electron chi connectivity index (χ0n) is 21.1. The van der Waals surface area contributed by atoms with E-state index in [-0.39, 0.29) is 29.8 Å². The van der Waals surface area contributed by atoms with Crippen molar-refractivity contribution in [2.24, 2.45) is 0 Å². The molecule has 0 spiro atoms. The lowest BCUT2D eigenvalue weighted by atomic mass is 9.97. The molecule has 3 heterocycles. The van der Waals surface area contributed by atoms with Gasteiger partial charge in [-0.25, -0.2) is 9.97 Å². The lowest BCUT2D eigenvalue weighted by Gasteiger charge is -2.29.